The zero-order chi connectivity index (χ0) is 16.1. The van der Waals surface area contributed by atoms with E-state index in [0.29, 0.717) is 34.2 Å². The highest BCUT2D eigenvalue weighted by Gasteiger charge is 2.33. The lowest BCUT2D eigenvalue weighted by molar-refractivity contribution is -0.138. The molecule has 1 aromatic rings. The maximum Gasteiger partial charge on any atom is 0.338 e. The van der Waals surface area contributed by atoms with Gasteiger partial charge in [-0.25, -0.2) is 9.59 Å². The predicted molar refractivity (Wildman–Crippen MR) is 87.9 cm³/mol. The Kier molecular flexibility index (Phi) is 5.74. The summed E-state index contributed by atoms with van der Waals surface area (Å²) >= 11 is 7.79. The van der Waals surface area contributed by atoms with Crippen LogP contribution in [0.4, 0.5) is 4.79 Å². The van der Waals surface area contributed by atoms with E-state index in [9.17, 15) is 9.59 Å². The highest BCUT2D eigenvalue weighted by Crippen LogP contribution is 2.31. The van der Waals surface area contributed by atoms with Crippen LogP contribution in [0.3, 0.4) is 0 Å². The van der Waals surface area contributed by atoms with Gasteiger partial charge in [-0.15, -0.1) is 0 Å². The number of carbonyl (C=O) groups excluding carboxylic acids is 2. The third kappa shape index (κ3) is 3.75. The molecule has 0 aliphatic carbocycles. The van der Waals surface area contributed by atoms with E-state index in [-0.39, 0.29) is 6.03 Å². The summed E-state index contributed by atoms with van der Waals surface area (Å²) in [5.41, 5.74) is 1.51. The molecule has 0 spiro atoms. The molecule has 0 saturated heterocycles. The lowest BCUT2D eigenvalue weighted by Crippen LogP contribution is -2.45. The minimum Gasteiger partial charge on any atom is -0.461 e. The van der Waals surface area contributed by atoms with Gasteiger partial charge in [0.2, 0.25) is 0 Å². The van der Waals surface area contributed by atoms with E-state index in [2.05, 4.69) is 10.6 Å². The van der Waals surface area contributed by atoms with Gasteiger partial charge in [0.15, 0.2) is 0 Å². The van der Waals surface area contributed by atoms with Crippen LogP contribution in [0.1, 0.15) is 18.5 Å². The molecule has 1 unspecified atom stereocenters. The SMILES string of the molecule is CSCCOC(=O)C1=C(C)NC(=O)NC1c1ccccc1Cl. The average Bonchev–Trinajstić information content (AvgIpc) is 2.47. The van der Waals surface area contributed by atoms with Gasteiger partial charge in [0.25, 0.3) is 0 Å². The van der Waals surface area contributed by atoms with Crippen molar-refractivity contribution in [3.8, 4) is 0 Å². The van der Waals surface area contributed by atoms with Gasteiger partial charge in [-0.2, -0.15) is 11.8 Å². The molecule has 0 bridgehead atoms. The van der Waals surface area contributed by atoms with Gasteiger partial charge in [-0.1, -0.05) is 29.8 Å². The molecule has 2 N–H and O–H groups in total. The average molecular weight is 341 g/mol. The summed E-state index contributed by atoms with van der Waals surface area (Å²) < 4.78 is 5.27. The maximum absolute atomic E-state index is 12.4. The molecule has 0 saturated carbocycles. The Balaban J connectivity index is 2.33. The number of esters is 1. The van der Waals surface area contributed by atoms with Crippen LogP contribution in [-0.2, 0) is 9.53 Å². The highest BCUT2D eigenvalue weighted by atomic mass is 35.5. The first-order valence-corrected chi connectivity index (χ1v) is 8.50. The van der Waals surface area contributed by atoms with E-state index >= 15 is 0 Å². The summed E-state index contributed by atoms with van der Waals surface area (Å²) in [6, 6.07) is 6.11. The Morgan fingerprint density at radius 2 is 2.14 bits per heavy atom. The lowest BCUT2D eigenvalue weighted by atomic mass is 9.95. The summed E-state index contributed by atoms with van der Waals surface area (Å²) in [6.07, 6.45) is 1.94. The molecule has 1 heterocycles. The predicted octanol–water partition coefficient (Wildman–Crippen LogP) is 2.87. The number of amides is 2. The molecule has 1 atom stereocenters. The van der Waals surface area contributed by atoms with Gasteiger partial charge in [0.1, 0.15) is 6.61 Å². The molecule has 1 aliphatic heterocycles. The molecule has 1 aliphatic rings. The third-order valence-electron chi connectivity index (χ3n) is 3.23. The van der Waals surface area contributed by atoms with Crippen LogP contribution in [0, 0.1) is 0 Å². The van der Waals surface area contributed by atoms with E-state index in [0.717, 1.165) is 0 Å². The number of ether oxygens (including phenoxy) is 1. The summed E-state index contributed by atoms with van der Waals surface area (Å²) in [4.78, 5) is 24.1. The smallest absolute Gasteiger partial charge is 0.338 e. The van der Waals surface area contributed by atoms with Gasteiger partial charge in [0, 0.05) is 16.5 Å². The van der Waals surface area contributed by atoms with Crippen molar-refractivity contribution in [2.75, 3.05) is 18.6 Å². The van der Waals surface area contributed by atoms with Crippen molar-refractivity contribution in [2.45, 2.75) is 13.0 Å². The fraction of sp³-hybridized carbons (Fsp3) is 0.333. The molecular weight excluding hydrogens is 324 g/mol. The first-order valence-electron chi connectivity index (χ1n) is 6.73. The van der Waals surface area contributed by atoms with Gasteiger partial charge in [-0.05, 0) is 24.8 Å². The first-order chi connectivity index (χ1) is 10.5. The van der Waals surface area contributed by atoms with Crippen LogP contribution in [0.2, 0.25) is 5.02 Å². The number of thioether (sulfide) groups is 1. The molecule has 1 aromatic carbocycles. The molecule has 0 aromatic heterocycles. The standard InChI is InChI=1S/C15H17ClN2O3S/c1-9-12(14(19)21-7-8-22-2)13(18-15(20)17-9)10-5-3-4-6-11(10)16/h3-6,13H,7-8H2,1-2H3,(H2,17,18,20). The van der Waals surface area contributed by atoms with Gasteiger partial charge in [-0.3, -0.25) is 0 Å². The second-order valence-electron chi connectivity index (χ2n) is 4.72. The van der Waals surface area contributed by atoms with Crippen LogP contribution >= 0.6 is 23.4 Å². The normalized spacial score (nSPS) is 17.8. The largest absolute Gasteiger partial charge is 0.461 e. The van der Waals surface area contributed by atoms with E-state index in [1.807, 2.05) is 6.26 Å². The lowest BCUT2D eigenvalue weighted by Gasteiger charge is -2.28. The number of hydrogen-bond acceptors (Lipinski definition) is 4. The van der Waals surface area contributed by atoms with Crippen LogP contribution in [0.5, 0.6) is 0 Å². The molecule has 7 heteroatoms. The van der Waals surface area contributed by atoms with E-state index in [1.54, 1.807) is 43.0 Å². The first kappa shape index (κ1) is 16.7. The number of allylic oxidation sites excluding steroid dienone is 1. The van der Waals surface area contributed by atoms with Crippen molar-refractivity contribution in [3.63, 3.8) is 0 Å². The van der Waals surface area contributed by atoms with Crippen molar-refractivity contribution in [2.24, 2.45) is 0 Å². The minimum absolute atomic E-state index is 0.319. The minimum atomic E-state index is -0.621. The number of hydrogen-bond donors (Lipinski definition) is 2. The fourth-order valence-electron chi connectivity index (χ4n) is 2.20. The summed E-state index contributed by atoms with van der Waals surface area (Å²) in [7, 11) is 0. The number of halogens is 1. The number of nitrogens with one attached hydrogen (secondary N) is 2. The summed E-state index contributed by atoms with van der Waals surface area (Å²) in [6.45, 7) is 1.99. The van der Waals surface area contributed by atoms with Crippen LogP contribution in [-0.4, -0.2) is 30.6 Å². The quantitative estimate of drug-likeness (QED) is 0.639. The van der Waals surface area contributed by atoms with Crippen molar-refractivity contribution in [3.05, 3.63) is 46.1 Å². The topological polar surface area (TPSA) is 67.4 Å². The monoisotopic (exact) mass is 340 g/mol. The van der Waals surface area contributed by atoms with E-state index < -0.39 is 12.0 Å². The molecule has 0 fully saturated rings. The van der Waals surface area contributed by atoms with Crippen LogP contribution < -0.4 is 10.6 Å². The molecular formula is C15H17ClN2O3S. The van der Waals surface area contributed by atoms with Gasteiger partial charge >= 0.3 is 12.0 Å². The maximum atomic E-state index is 12.4. The fourth-order valence-corrected chi connectivity index (χ4v) is 2.70. The van der Waals surface area contributed by atoms with E-state index in [4.69, 9.17) is 16.3 Å². The third-order valence-corrected chi connectivity index (χ3v) is 4.15. The van der Waals surface area contributed by atoms with Crippen molar-refractivity contribution in [1.82, 2.24) is 10.6 Å². The number of rotatable bonds is 5. The Morgan fingerprint density at radius 3 is 2.82 bits per heavy atom. The molecule has 0 radical (unpaired) electrons. The van der Waals surface area contributed by atoms with Crippen molar-refractivity contribution in [1.29, 1.82) is 0 Å². The Hall–Kier alpha value is -1.66. The number of benzene rings is 1. The second kappa shape index (κ2) is 7.56. The Labute approximate surface area is 138 Å². The number of urea groups is 1. The zero-order valence-corrected chi connectivity index (χ0v) is 13.9. The number of carbonyl (C=O) groups is 2. The van der Waals surface area contributed by atoms with Crippen molar-refractivity contribution < 1.29 is 14.3 Å². The highest BCUT2D eigenvalue weighted by molar-refractivity contribution is 7.98. The molecule has 2 amide bonds. The Bertz CT molecular complexity index is 619. The van der Waals surface area contributed by atoms with Gasteiger partial charge < -0.3 is 15.4 Å². The summed E-state index contributed by atoms with van der Waals surface area (Å²) in [5.74, 6) is 0.262. The van der Waals surface area contributed by atoms with Gasteiger partial charge in [0.05, 0.1) is 11.6 Å². The van der Waals surface area contributed by atoms with Crippen LogP contribution in [0.15, 0.2) is 35.5 Å². The second-order valence-corrected chi connectivity index (χ2v) is 6.11. The molecule has 2 rings (SSSR count). The van der Waals surface area contributed by atoms with Crippen molar-refractivity contribution >= 4 is 35.4 Å². The molecule has 5 nitrogen and oxygen atoms in total. The van der Waals surface area contributed by atoms with E-state index in [1.165, 1.54) is 0 Å². The zero-order valence-electron chi connectivity index (χ0n) is 12.3. The Morgan fingerprint density at radius 1 is 1.41 bits per heavy atom. The summed E-state index contributed by atoms with van der Waals surface area (Å²) in [5, 5.41) is 5.81. The molecule has 22 heavy (non-hydrogen) atoms. The van der Waals surface area contributed by atoms with Crippen LogP contribution in [0.25, 0.3) is 0 Å². The molecule has 118 valence electrons.